The molecule has 0 radical (unpaired) electrons. The Morgan fingerprint density at radius 2 is 1.77 bits per heavy atom. The number of amides is 2. The summed E-state index contributed by atoms with van der Waals surface area (Å²) < 4.78 is 12.1. The van der Waals surface area contributed by atoms with Gasteiger partial charge in [0.05, 0.1) is 6.54 Å². The van der Waals surface area contributed by atoms with Crippen LogP contribution in [0.15, 0.2) is 71.2 Å². The highest BCUT2D eigenvalue weighted by atomic mass is 35.5. The summed E-state index contributed by atoms with van der Waals surface area (Å²) in [4.78, 5) is 41.6. The summed E-state index contributed by atoms with van der Waals surface area (Å²) in [6.07, 6.45) is 1.05. The van der Waals surface area contributed by atoms with E-state index in [1.807, 2.05) is 48.5 Å². The molecule has 0 saturated carbocycles. The van der Waals surface area contributed by atoms with Crippen molar-refractivity contribution in [2.24, 2.45) is 10.9 Å². The van der Waals surface area contributed by atoms with E-state index in [2.05, 4.69) is 10.3 Å². The Hall–Kier alpha value is -3.43. The Kier molecular flexibility index (Phi) is 9.63. The first-order valence-corrected chi connectivity index (χ1v) is 12.2. The lowest BCUT2D eigenvalue weighted by molar-refractivity contribution is -0.150. The maximum absolute atomic E-state index is 12.5. The van der Waals surface area contributed by atoms with Gasteiger partial charge in [-0.15, -0.1) is 11.3 Å². The lowest BCUT2D eigenvalue weighted by atomic mass is 10.1. The quantitative estimate of drug-likeness (QED) is 0.431. The molecule has 0 aliphatic rings. The van der Waals surface area contributed by atoms with Crippen LogP contribution in [0, 0.1) is 5.92 Å². The molecule has 1 aromatic heterocycles. The minimum absolute atomic E-state index is 0.0684. The molecule has 2 amide bonds. The van der Waals surface area contributed by atoms with E-state index in [-0.39, 0.29) is 12.5 Å². The predicted molar refractivity (Wildman–Crippen MR) is 133 cm³/mol. The number of rotatable bonds is 9. The summed E-state index contributed by atoms with van der Waals surface area (Å²) in [5.41, 5.74) is 1.71. The Bertz CT molecular complexity index is 1220. The number of hydrogen-bond donors (Lipinski definition) is 1. The van der Waals surface area contributed by atoms with Gasteiger partial charge in [-0.2, -0.15) is 4.99 Å². The van der Waals surface area contributed by atoms with Gasteiger partial charge in [0.2, 0.25) is 0 Å². The number of thiazole rings is 1. The van der Waals surface area contributed by atoms with Crippen LogP contribution in [0.2, 0.25) is 5.02 Å². The molecule has 0 aliphatic heterocycles. The Morgan fingerprint density at radius 1 is 1.06 bits per heavy atom. The normalized spacial score (nSPS) is 12.3. The van der Waals surface area contributed by atoms with E-state index in [1.165, 1.54) is 11.3 Å². The number of benzene rings is 2. The van der Waals surface area contributed by atoms with Gasteiger partial charge >= 0.3 is 12.1 Å². The molecule has 184 valence electrons. The molecule has 3 rings (SSSR count). The van der Waals surface area contributed by atoms with Crippen molar-refractivity contribution in [1.82, 2.24) is 9.88 Å². The number of carbonyl (C=O) groups excluding carboxylic acids is 3. The number of hydrogen-bond acceptors (Lipinski definition) is 6. The molecular weight excluding hydrogens is 490 g/mol. The van der Waals surface area contributed by atoms with Gasteiger partial charge in [0, 0.05) is 16.6 Å². The predicted octanol–water partition coefficient (Wildman–Crippen LogP) is 4.17. The van der Waals surface area contributed by atoms with Crippen LogP contribution in [-0.4, -0.2) is 35.2 Å². The average molecular weight is 516 g/mol. The van der Waals surface area contributed by atoms with E-state index in [9.17, 15) is 14.4 Å². The van der Waals surface area contributed by atoms with Crippen molar-refractivity contribution >= 4 is 40.9 Å². The molecule has 10 heteroatoms. The van der Waals surface area contributed by atoms with Crippen LogP contribution in [0.3, 0.4) is 0 Å². The fraction of sp³-hybridized carbons (Fsp3) is 0.280. The van der Waals surface area contributed by atoms with Crippen LogP contribution in [0.4, 0.5) is 4.79 Å². The number of esters is 1. The number of halogens is 1. The number of nitrogens with zero attached hydrogens (tertiary/aromatic N) is 2. The van der Waals surface area contributed by atoms with Gasteiger partial charge in [-0.1, -0.05) is 74.0 Å². The van der Waals surface area contributed by atoms with Gasteiger partial charge in [-0.3, -0.25) is 4.79 Å². The minimum Gasteiger partial charge on any atom is -0.454 e. The molecule has 0 bridgehead atoms. The smallest absolute Gasteiger partial charge is 0.408 e. The van der Waals surface area contributed by atoms with Gasteiger partial charge in [-0.25, -0.2) is 9.59 Å². The molecule has 0 saturated heterocycles. The van der Waals surface area contributed by atoms with E-state index < -0.39 is 30.6 Å². The van der Waals surface area contributed by atoms with E-state index in [0.29, 0.717) is 16.4 Å². The van der Waals surface area contributed by atoms with Gasteiger partial charge in [0.25, 0.3) is 5.91 Å². The summed E-state index contributed by atoms with van der Waals surface area (Å²) >= 11 is 7.50. The molecule has 0 fully saturated rings. The minimum atomic E-state index is -0.974. The van der Waals surface area contributed by atoms with Crippen LogP contribution >= 0.6 is 22.9 Å². The summed E-state index contributed by atoms with van der Waals surface area (Å²) in [6.45, 7) is 3.46. The zero-order valence-electron chi connectivity index (χ0n) is 19.3. The van der Waals surface area contributed by atoms with Crippen LogP contribution in [0.1, 0.15) is 25.0 Å². The standard InChI is InChI=1S/C25H26ClN3O5S/c1-17(2)22(28-25(32)34-15-18-8-4-3-5-9-18)23(31)33-16-21(30)27-24-29(12-13-35-24)14-19-10-6-7-11-20(19)26/h3-13,17,22H,14-16H2,1-2H3,(H,28,32)/t22-/m0/s1. The molecule has 0 unspecified atom stereocenters. The van der Waals surface area contributed by atoms with Crippen molar-refractivity contribution in [3.63, 3.8) is 0 Å². The van der Waals surface area contributed by atoms with Gasteiger partial charge in [-0.05, 0) is 23.1 Å². The van der Waals surface area contributed by atoms with Crippen LogP contribution in [0.25, 0.3) is 0 Å². The van der Waals surface area contributed by atoms with Gasteiger partial charge < -0.3 is 19.4 Å². The van der Waals surface area contributed by atoms with E-state index in [1.54, 1.807) is 36.1 Å². The Balaban J connectivity index is 1.55. The summed E-state index contributed by atoms with van der Waals surface area (Å²) in [5.74, 6) is -1.65. The van der Waals surface area contributed by atoms with Gasteiger partial charge in [0.15, 0.2) is 11.4 Å². The second-order valence-corrected chi connectivity index (χ2v) is 9.23. The summed E-state index contributed by atoms with van der Waals surface area (Å²) in [7, 11) is 0. The first-order valence-electron chi connectivity index (χ1n) is 10.9. The second kappa shape index (κ2) is 12.9. The fourth-order valence-corrected chi connectivity index (χ4v) is 4.01. The Labute approximate surface area is 212 Å². The maximum atomic E-state index is 12.5. The zero-order valence-corrected chi connectivity index (χ0v) is 20.9. The zero-order chi connectivity index (χ0) is 25.2. The third kappa shape index (κ3) is 8.08. The fourth-order valence-electron chi connectivity index (χ4n) is 3.07. The molecule has 35 heavy (non-hydrogen) atoms. The monoisotopic (exact) mass is 515 g/mol. The highest BCUT2D eigenvalue weighted by molar-refractivity contribution is 7.07. The molecule has 3 aromatic rings. The van der Waals surface area contributed by atoms with Crippen LogP contribution in [0.5, 0.6) is 0 Å². The molecule has 0 aliphatic carbocycles. The molecular formula is C25H26ClN3O5S. The van der Waals surface area contributed by atoms with Crippen molar-refractivity contribution in [2.45, 2.75) is 33.0 Å². The lowest BCUT2D eigenvalue weighted by Gasteiger charge is -2.20. The van der Waals surface area contributed by atoms with E-state index >= 15 is 0 Å². The first kappa shape index (κ1) is 26.2. The third-order valence-electron chi connectivity index (χ3n) is 4.92. The summed E-state index contributed by atoms with van der Waals surface area (Å²) in [5, 5.41) is 4.92. The molecule has 2 aromatic carbocycles. The largest absolute Gasteiger partial charge is 0.454 e. The Morgan fingerprint density at radius 3 is 2.49 bits per heavy atom. The van der Waals surface area contributed by atoms with Crippen molar-refractivity contribution < 1.29 is 23.9 Å². The average Bonchev–Trinajstić information content (AvgIpc) is 3.28. The van der Waals surface area contributed by atoms with Crippen LogP contribution < -0.4 is 10.1 Å². The molecule has 1 N–H and O–H groups in total. The third-order valence-corrected chi connectivity index (χ3v) is 6.09. The number of carbonyl (C=O) groups is 3. The molecule has 8 nitrogen and oxygen atoms in total. The number of ether oxygens (including phenoxy) is 2. The summed E-state index contributed by atoms with van der Waals surface area (Å²) in [6, 6.07) is 15.6. The van der Waals surface area contributed by atoms with Crippen LogP contribution in [-0.2, 0) is 32.2 Å². The molecule has 1 heterocycles. The van der Waals surface area contributed by atoms with Crippen molar-refractivity contribution in [3.8, 4) is 0 Å². The second-order valence-electron chi connectivity index (χ2n) is 7.95. The van der Waals surface area contributed by atoms with Crippen molar-refractivity contribution in [2.75, 3.05) is 6.61 Å². The van der Waals surface area contributed by atoms with Crippen molar-refractivity contribution in [1.29, 1.82) is 0 Å². The highest BCUT2D eigenvalue weighted by Crippen LogP contribution is 2.15. The molecule has 1 atom stereocenters. The SMILES string of the molecule is CC(C)[C@H](NC(=O)OCc1ccccc1)C(=O)OCC(=O)N=c1sccn1Cc1ccccc1Cl. The number of nitrogens with one attached hydrogen (secondary N) is 1. The van der Waals surface area contributed by atoms with E-state index in [0.717, 1.165) is 11.1 Å². The lowest BCUT2D eigenvalue weighted by Crippen LogP contribution is -2.45. The maximum Gasteiger partial charge on any atom is 0.408 e. The topological polar surface area (TPSA) is 99.0 Å². The molecule has 0 spiro atoms. The highest BCUT2D eigenvalue weighted by Gasteiger charge is 2.27. The van der Waals surface area contributed by atoms with Gasteiger partial charge in [0.1, 0.15) is 12.6 Å². The first-order chi connectivity index (χ1) is 16.8. The number of alkyl carbamates (subject to hydrolysis) is 1. The van der Waals surface area contributed by atoms with Crippen molar-refractivity contribution in [3.05, 3.63) is 87.1 Å². The number of aromatic nitrogens is 1. The van der Waals surface area contributed by atoms with E-state index in [4.69, 9.17) is 21.1 Å².